The third-order valence-corrected chi connectivity index (χ3v) is 4.96. The van der Waals surface area contributed by atoms with Crippen LogP contribution in [0.5, 0.6) is 5.75 Å². The fourth-order valence-corrected chi connectivity index (χ4v) is 3.50. The smallest absolute Gasteiger partial charge is 0.244 e. The van der Waals surface area contributed by atoms with Crippen LogP contribution in [-0.2, 0) is 11.3 Å². The van der Waals surface area contributed by atoms with Crippen molar-refractivity contribution in [3.63, 3.8) is 0 Å². The van der Waals surface area contributed by atoms with Crippen LogP contribution in [0.3, 0.4) is 0 Å². The minimum atomic E-state index is -0.120. The summed E-state index contributed by atoms with van der Waals surface area (Å²) in [6.45, 7) is 6.29. The molecule has 1 saturated carbocycles. The molecular formula is C20H28N2O2. The van der Waals surface area contributed by atoms with Crippen molar-refractivity contribution in [3.05, 3.63) is 40.5 Å². The predicted octanol–water partition coefficient (Wildman–Crippen LogP) is 4.08. The Morgan fingerprint density at radius 1 is 1.33 bits per heavy atom. The first-order valence-electron chi connectivity index (χ1n) is 8.62. The van der Waals surface area contributed by atoms with Crippen molar-refractivity contribution >= 4 is 11.6 Å². The van der Waals surface area contributed by atoms with Crippen molar-refractivity contribution in [1.82, 2.24) is 5.32 Å². The Kier molecular flexibility index (Phi) is 6.18. The van der Waals surface area contributed by atoms with Crippen LogP contribution in [0, 0.1) is 25.2 Å². The summed E-state index contributed by atoms with van der Waals surface area (Å²) in [5.74, 6) is 1.08. The van der Waals surface area contributed by atoms with Gasteiger partial charge in [0.05, 0.1) is 7.11 Å². The fourth-order valence-electron chi connectivity index (χ4n) is 3.50. The number of amides is 1. The molecule has 1 amide bonds. The summed E-state index contributed by atoms with van der Waals surface area (Å²) in [5, 5.41) is 10.9. The lowest BCUT2D eigenvalue weighted by Gasteiger charge is -2.15. The molecular weight excluding hydrogens is 300 g/mol. The molecule has 24 heavy (non-hydrogen) atoms. The first kappa shape index (κ1) is 18.2. The minimum Gasteiger partial charge on any atom is -0.496 e. The SMILES string of the molecule is COc1ccc(C)c(CNC(=O)/C=C(\C(C)=N)C2CCCC2)c1C. The number of rotatable bonds is 6. The number of carbonyl (C=O) groups is 1. The van der Waals surface area contributed by atoms with Crippen LogP contribution in [-0.4, -0.2) is 18.7 Å². The third-order valence-electron chi connectivity index (χ3n) is 4.96. The topological polar surface area (TPSA) is 62.2 Å². The molecule has 4 nitrogen and oxygen atoms in total. The summed E-state index contributed by atoms with van der Waals surface area (Å²) in [7, 11) is 1.66. The number of methoxy groups -OCH3 is 1. The number of allylic oxidation sites excluding steroid dienone is 1. The molecule has 0 spiro atoms. The highest BCUT2D eigenvalue weighted by atomic mass is 16.5. The highest BCUT2D eigenvalue weighted by Gasteiger charge is 2.21. The van der Waals surface area contributed by atoms with E-state index in [0.29, 0.717) is 18.2 Å². The molecule has 0 atom stereocenters. The lowest BCUT2D eigenvalue weighted by Crippen LogP contribution is -2.23. The van der Waals surface area contributed by atoms with Crippen LogP contribution in [0.15, 0.2) is 23.8 Å². The molecule has 0 saturated heterocycles. The highest BCUT2D eigenvalue weighted by Crippen LogP contribution is 2.31. The van der Waals surface area contributed by atoms with Crippen LogP contribution in [0.2, 0.25) is 0 Å². The van der Waals surface area contributed by atoms with Crippen LogP contribution in [0.25, 0.3) is 0 Å². The summed E-state index contributed by atoms with van der Waals surface area (Å²) >= 11 is 0. The summed E-state index contributed by atoms with van der Waals surface area (Å²) < 4.78 is 5.36. The van der Waals surface area contributed by atoms with Crippen molar-refractivity contribution in [3.8, 4) is 5.75 Å². The van der Waals surface area contributed by atoms with Crippen molar-refractivity contribution in [1.29, 1.82) is 5.41 Å². The highest BCUT2D eigenvalue weighted by molar-refractivity contribution is 6.02. The van der Waals surface area contributed by atoms with Gasteiger partial charge in [0.2, 0.25) is 5.91 Å². The fraction of sp³-hybridized carbons (Fsp3) is 0.500. The van der Waals surface area contributed by atoms with Gasteiger partial charge < -0.3 is 15.5 Å². The molecule has 0 unspecified atom stereocenters. The van der Waals surface area contributed by atoms with Gasteiger partial charge in [0.1, 0.15) is 5.75 Å². The van der Waals surface area contributed by atoms with Gasteiger partial charge >= 0.3 is 0 Å². The Balaban J connectivity index is 2.10. The van der Waals surface area contributed by atoms with Gasteiger partial charge in [0.15, 0.2) is 0 Å². The van der Waals surface area contributed by atoms with E-state index < -0.39 is 0 Å². The second-order valence-corrected chi connectivity index (χ2v) is 6.61. The zero-order chi connectivity index (χ0) is 17.7. The second-order valence-electron chi connectivity index (χ2n) is 6.61. The monoisotopic (exact) mass is 328 g/mol. The van der Waals surface area contributed by atoms with Crippen LogP contribution >= 0.6 is 0 Å². The molecule has 1 aliphatic rings. The number of nitrogens with one attached hydrogen (secondary N) is 2. The molecule has 1 aromatic carbocycles. The number of aryl methyl sites for hydroxylation is 1. The van der Waals surface area contributed by atoms with E-state index in [2.05, 4.69) is 5.32 Å². The van der Waals surface area contributed by atoms with Gasteiger partial charge in [-0.15, -0.1) is 0 Å². The molecule has 0 aromatic heterocycles. The standard InChI is InChI=1S/C20H28N2O2/c1-13-9-10-19(24-4)14(2)18(13)12-22-20(23)11-17(15(3)21)16-7-5-6-8-16/h9-11,16,21H,5-8,12H2,1-4H3,(H,22,23)/b17-11+,21-15?. The maximum Gasteiger partial charge on any atom is 0.244 e. The van der Waals surface area contributed by atoms with E-state index in [0.717, 1.165) is 40.9 Å². The molecule has 1 aliphatic carbocycles. The van der Waals surface area contributed by atoms with E-state index in [1.54, 1.807) is 20.1 Å². The quantitative estimate of drug-likeness (QED) is 0.610. The van der Waals surface area contributed by atoms with Crippen LogP contribution in [0.4, 0.5) is 0 Å². The Bertz CT molecular complexity index is 656. The molecule has 0 heterocycles. The van der Waals surface area contributed by atoms with E-state index in [1.165, 1.54) is 12.8 Å². The second kappa shape index (κ2) is 8.13. The van der Waals surface area contributed by atoms with Crippen LogP contribution in [0.1, 0.15) is 49.3 Å². The molecule has 2 rings (SSSR count). The summed E-state index contributed by atoms with van der Waals surface area (Å²) in [5.41, 5.74) is 4.68. The summed E-state index contributed by atoms with van der Waals surface area (Å²) in [6.07, 6.45) is 6.19. The predicted molar refractivity (Wildman–Crippen MR) is 97.8 cm³/mol. The molecule has 1 fully saturated rings. The average Bonchev–Trinajstić information content (AvgIpc) is 3.06. The van der Waals surface area contributed by atoms with E-state index >= 15 is 0 Å². The van der Waals surface area contributed by atoms with Crippen molar-refractivity contribution in [2.24, 2.45) is 5.92 Å². The van der Waals surface area contributed by atoms with E-state index in [-0.39, 0.29) is 5.91 Å². The molecule has 0 bridgehead atoms. The van der Waals surface area contributed by atoms with Gasteiger partial charge in [0.25, 0.3) is 0 Å². The van der Waals surface area contributed by atoms with Gasteiger partial charge in [-0.3, -0.25) is 4.79 Å². The lowest BCUT2D eigenvalue weighted by atomic mass is 9.93. The molecule has 0 aliphatic heterocycles. The molecule has 4 heteroatoms. The molecule has 130 valence electrons. The van der Waals surface area contributed by atoms with Crippen molar-refractivity contribution in [2.45, 2.75) is 53.0 Å². The van der Waals surface area contributed by atoms with Gasteiger partial charge in [-0.2, -0.15) is 0 Å². The van der Waals surface area contributed by atoms with Crippen molar-refractivity contribution < 1.29 is 9.53 Å². The zero-order valence-electron chi connectivity index (χ0n) is 15.2. The van der Waals surface area contributed by atoms with Crippen LogP contribution < -0.4 is 10.1 Å². The molecule has 0 radical (unpaired) electrons. The number of ether oxygens (including phenoxy) is 1. The van der Waals surface area contributed by atoms with Gasteiger partial charge in [-0.05, 0) is 67.9 Å². The van der Waals surface area contributed by atoms with Gasteiger partial charge in [-0.1, -0.05) is 18.9 Å². The number of hydrogen-bond donors (Lipinski definition) is 2. The average molecular weight is 328 g/mol. The van der Waals surface area contributed by atoms with Crippen molar-refractivity contribution in [2.75, 3.05) is 7.11 Å². The normalized spacial score (nSPS) is 15.4. The largest absolute Gasteiger partial charge is 0.496 e. The first-order valence-corrected chi connectivity index (χ1v) is 8.62. The van der Waals surface area contributed by atoms with E-state index in [9.17, 15) is 4.79 Å². The van der Waals surface area contributed by atoms with E-state index in [1.807, 2.05) is 26.0 Å². The Labute approximate surface area is 144 Å². The summed E-state index contributed by atoms with van der Waals surface area (Å²) in [6, 6.07) is 3.96. The maximum absolute atomic E-state index is 12.3. The lowest BCUT2D eigenvalue weighted by molar-refractivity contribution is -0.116. The Morgan fingerprint density at radius 2 is 2.00 bits per heavy atom. The molecule has 2 N–H and O–H groups in total. The number of carbonyl (C=O) groups excluding carboxylic acids is 1. The Hall–Kier alpha value is -2.10. The maximum atomic E-state index is 12.3. The number of hydrogen-bond acceptors (Lipinski definition) is 3. The molecule has 1 aromatic rings. The van der Waals surface area contributed by atoms with Gasteiger partial charge in [-0.25, -0.2) is 0 Å². The minimum absolute atomic E-state index is 0.120. The number of benzene rings is 1. The first-order chi connectivity index (χ1) is 11.4. The zero-order valence-corrected chi connectivity index (χ0v) is 15.2. The Morgan fingerprint density at radius 3 is 2.58 bits per heavy atom. The van der Waals surface area contributed by atoms with E-state index in [4.69, 9.17) is 10.1 Å². The summed E-state index contributed by atoms with van der Waals surface area (Å²) in [4.78, 5) is 12.3. The third kappa shape index (κ3) is 4.25. The van der Waals surface area contributed by atoms with Gasteiger partial charge in [0, 0.05) is 18.3 Å².